The van der Waals surface area contributed by atoms with Crippen LogP contribution in [-0.4, -0.2) is 21.2 Å². The van der Waals surface area contributed by atoms with Crippen LogP contribution >= 0.6 is 23.1 Å². The minimum atomic E-state index is -0.310. The molecule has 2 aromatic heterocycles. The second kappa shape index (κ2) is 7.11. The first-order valence-electron chi connectivity index (χ1n) is 9.13. The van der Waals surface area contributed by atoms with E-state index in [0.29, 0.717) is 12.2 Å². The molecule has 2 aliphatic rings. The summed E-state index contributed by atoms with van der Waals surface area (Å²) < 4.78 is 1.93. The fraction of sp³-hybridized carbons (Fsp3) is 0.611. The van der Waals surface area contributed by atoms with Crippen molar-refractivity contribution in [2.24, 2.45) is 5.73 Å². The molecule has 1 fully saturated rings. The predicted molar refractivity (Wildman–Crippen MR) is 103 cm³/mol. The molecule has 7 heteroatoms. The SMILES string of the molecule is NC(=O)CCSc1nc2sc3c(c2c(=O)n1C1CCCC1)CCCC3. The fourth-order valence-electron chi connectivity index (χ4n) is 4.03. The minimum absolute atomic E-state index is 0.137. The molecule has 1 amide bonds. The van der Waals surface area contributed by atoms with Crippen molar-refractivity contribution < 1.29 is 4.79 Å². The Balaban J connectivity index is 1.82. The average Bonchev–Trinajstić information content (AvgIpc) is 3.21. The van der Waals surface area contributed by atoms with Gasteiger partial charge in [0, 0.05) is 23.1 Å². The molecule has 25 heavy (non-hydrogen) atoms. The first kappa shape index (κ1) is 17.1. The molecule has 0 aromatic carbocycles. The van der Waals surface area contributed by atoms with Gasteiger partial charge in [0.25, 0.3) is 5.56 Å². The highest BCUT2D eigenvalue weighted by Crippen LogP contribution is 2.37. The summed E-state index contributed by atoms with van der Waals surface area (Å²) in [6.07, 6.45) is 9.18. The molecule has 134 valence electrons. The molecule has 0 saturated heterocycles. The summed E-state index contributed by atoms with van der Waals surface area (Å²) in [5.41, 5.74) is 6.66. The Labute approximate surface area is 155 Å². The highest BCUT2D eigenvalue weighted by atomic mass is 32.2. The summed E-state index contributed by atoms with van der Waals surface area (Å²) in [5.74, 6) is 0.264. The number of carbonyl (C=O) groups excluding carboxylic acids is 1. The fourth-order valence-corrected chi connectivity index (χ4v) is 6.35. The molecule has 2 heterocycles. The summed E-state index contributed by atoms with van der Waals surface area (Å²) >= 11 is 3.18. The number of rotatable bonds is 5. The lowest BCUT2D eigenvalue weighted by molar-refractivity contribution is -0.117. The summed E-state index contributed by atoms with van der Waals surface area (Å²) in [6.45, 7) is 0. The number of aromatic nitrogens is 2. The highest BCUT2D eigenvalue weighted by Gasteiger charge is 2.26. The van der Waals surface area contributed by atoms with Crippen LogP contribution in [0.4, 0.5) is 0 Å². The third-order valence-corrected chi connectivity index (χ3v) is 7.40. The van der Waals surface area contributed by atoms with Gasteiger partial charge in [-0.25, -0.2) is 4.98 Å². The van der Waals surface area contributed by atoms with E-state index in [0.717, 1.165) is 47.5 Å². The van der Waals surface area contributed by atoms with Gasteiger partial charge in [0.15, 0.2) is 5.16 Å². The number of amides is 1. The van der Waals surface area contributed by atoms with E-state index in [4.69, 9.17) is 10.7 Å². The van der Waals surface area contributed by atoms with E-state index in [1.807, 2.05) is 4.57 Å². The number of primary amides is 1. The van der Waals surface area contributed by atoms with E-state index in [1.165, 1.54) is 41.5 Å². The van der Waals surface area contributed by atoms with E-state index in [9.17, 15) is 9.59 Å². The van der Waals surface area contributed by atoms with Crippen molar-refractivity contribution in [3.63, 3.8) is 0 Å². The van der Waals surface area contributed by atoms with Gasteiger partial charge in [0.1, 0.15) is 4.83 Å². The normalized spacial score (nSPS) is 17.9. The molecule has 2 aromatic rings. The van der Waals surface area contributed by atoms with Crippen LogP contribution in [-0.2, 0) is 17.6 Å². The molecule has 0 unspecified atom stereocenters. The lowest BCUT2D eigenvalue weighted by atomic mass is 9.97. The number of aryl methyl sites for hydroxylation is 2. The van der Waals surface area contributed by atoms with Crippen LogP contribution in [0.15, 0.2) is 9.95 Å². The number of nitrogens with zero attached hydrogens (tertiary/aromatic N) is 2. The van der Waals surface area contributed by atoms with Crippen molar-refractivity contribution >= 4 is 39.2 Å². The topological polar surface area (TPSA) is 78.0 Å². The molecule has 0 radical (unpaired) electrons. The van der Waals surface area contributed by atoms with Crippen molar-refractivity contribution in [1.29, 1.82) is 0 Å². The molecule has 0 atom stereocenters. The van der Waals surface area contributed by atoms with Crippen LogP contribution in [0.25, 0.3) is 10.2 Å². The number of thiophene rings is 1. The zero-order chi connectivity index (χ0) is 17.4. The van der Waals surface area contributed by atoms with Crippen molar-refractivity contribution in [1.82, 2.24) is 9.55 Å². The van der Waals surface area contributed by atoms with Crippen molar-refractivity contribution in [2.75, 3.05) is 5.75 Å². The number of hydrogen-bond acceptors (Lipinski definition) is 5. The maximum atomic E-state index is 13.4. The van der Waals surface area contributed by atoms with Gasteiger partial charge in [-0.2, -0.15) is 0 Å². The van der Waals surface area contributed by atoms with Crippen LogP contribution in [0.3, 0.4) is 0 Å². The number of thioether (sulfide) groups is 1. The molecule has 0 spiro atoms. The highest BCUT2D eigenvalue weighted by molar-refractivity contribution is 7.99. The molecule has 0 aliphatic heterocycles. The van der Waals surface area contributed by atoms with Crippen molar-refractivity contribution in [3.05, 3.63) is 20.8 Å². The van der Waals surface area contributed by atoms with Gasteiger partial charge in [-0.3, -0.25) is 14.2 Å². The third kappa shape index (κ3) is 3.24. The molecular formula is C18H23N3O2S2. The van der Waals surface area contributed by atoms with E-state index < -0.39 is 0 Å². The second-order valence-corrected chi connectivity index (χ2v) is 9.11. The molecule has 2 aliphatic carbocycles. The maximum Gasteiger partial charge on any atom is 0.263 e. The summed E-state index contributed by atoms with van der Waals surface area (Å²) in [7, 11) is 0. The summed E-state index contributed by atoms with van der Waals surface area (Å²) in [4.78, 5) is 31.6. The van der Waals surface area contributed by atoms with Crippen molar-refractivity contribution in [2.45, 2.75) is 69.0 Å². The molecule has 4 rings (SSSR count). The Morgan fingerprint density at radius 2 is 2.00 bits per heavy atom. The molecule has 1 saturated carbocycles. The Morgan fingerprint density at radius 1 is 1.24 bits per heavy atom. The zero-order valence-electron chi connectivity index (χ0n) is 14.3. The second-order valence-electron chi connectivity index (χ2n) is 6.96. The van der Waals surface area contributed by atoms with Crippen LogP contribution in [0.1, 0.15) is 61.4 Å². The summed E-state index contributed by atoms with van der Waals surface area (Å²) in [5, 5.41) is 1.63. The van der Waals surface area contributed by atoms with Gasteiger partial charge in [0.2, 0.25) is 5.91 Å². The average molecular weight is 378 g/mol. The van der Waals surface area contributed by atoms with Gasteiger partial charge < -0.3 is 5.73 Å². The van der Waals surface area contributed by atoms with E-state index in [2.05, 4.69) is 0 Å². The molecule has 0 bridgehead atoms. The lowest BCUT2D eigenvalue weighted by Gasteiger charge is -2.18. The number of fused-ring (bicyclic) bond motifs is 3. The Hall–Kier alpha value is -1.34. The largest absolute Gasteiger partial charge is 0.370 e. The van der Waals surface area contributed by atoms with Crippen LogP contribution in [0.2, 0.25) is 0 Å². The Kier molecular flexibility index (Phi) is 4.86. The molecule has 2 N–H and O–H groups in total. The number of carbonyl (C=O) groups is 1. The lowest BCUT2D eigenvalue weighted by Crippen LogP contribution is -2.27. The van der Waals surface area contributed by atoms with Gasteiger partial charge in [-0.1, -0.05) is 24.6 Å². The van der Waals surface area contributed by atoms with Crippen molar-refractivity contribution in [3.8, 4) is 0 Å². The smallest absolute Gasteiger partial charge is 0.263 e. The van der Waals surface area contributed by atoms with Gasteiger partial charge >= 0.3 is 0 Å². The monoisotopic (exact) mass is 377 g/mol. The van der Waals surface area contributed by atoms with E-state index in [-0.39, 0.29) is 17.5 Å². The zero-order valence-corrected chi connectivity index (χ0v) is 15.9. The Morgan fingerprint density at radius 3 is 2.76 bits per heavy atom. The number of nitrogens with two attached hydrogens (primary N) is 1. The van der Waals surface area contributed by atoms with E-state index in [1.54, 1.807) is 11.3 Å². The van der Waals surface area contributed by atoms with Gasteiger partial charge in [-0.05, 0) is 44.1 Å². The summed E-state index contributed by atoms with van der Waals surface area (Å²) in [6, 6.07) is 0.250. The van der Waals surface area contributed by atoms with Crippen LogP contribution < -0.4 is 11.3 Å². The first-order valence-corrected chi connectivity index (χ1v) is 10.9. The molecule has 5 nitrogen and oxygen atoms in total. The quantitative estimate of drug-likeness (QED) is 0.640. The van der Waals surface area contributed by atoms with Gasteiger partial charge in [-0.15, -0.1) is 11.3 Å². The predicted octanol–water partition coefficient (Wildman–Crippen LogP) is 3.42. The first-order chi connectivity index (χ1) is 12.1. The standard InChI is InChI=1S/C18H23N3O2S2/c19-14(22)9-10-24-18-20-16-15(12-7-3-4-8-13(12)25-16)17(23)21(18)11-5-1-2-6-11/h11H,1-10H2,(H2,19,22). The molecular weight excluding hydrogens is 354 g/mol. The van der Waals surface area contributed by atoms with Crippen LogP contribution in [0.5, 0.6) is 0 Å². The maximum absolute atomic E-state index is 13.4. The van der Waals surface area contributed by atoms with Gasteiger partial charge in [0.05, 0.1) is 5.39 Å². The van der Waals surface area contributed by atoms with Crippen LogP contribution in [0, 0.1) is 0 Å². The van der Waals surface area contributed by atoms with E-state index >= 15 is 0 Å². The third-order valence-electron chi connectivity index (χ3n) is 5.26. The number of hydrogen-bond donors (Lipinski definition) is 1. The Bertz CT molecular complexity index is 865. The minimum Gasteiger partial charge on any atom is -0.370 e.